The summed E-state index contributed by atoms with van der Waals surface area (Å²) in [5.74, 6) is -3.04. The lowest BCUT2D eigenvalue weighted by Gasteiger charge is -2.21. The molecule has 0 spiro atoms. The fourth-order valence-corrected chi connectivity index (χ4v) is 5.54. The molecule has 34 heavy (non-hydrogen) atoms. The fraction of sp³-hybridized carbons (Fsp3) is 0.435. The summed E-state index contributed by atoms with van der Waals surface area (Å²) < 4.78 is 24.7. The number of hydrogen-bond acceptors (Lipinski definition) is 7. The normalized spacial score (nSPS) is 12.3. The van der Waals surface area contributed by atoms with Crippen LogP contribution >= 0.6 is 11.3 Å². The minimum atomic E-state index is -3.86. The first kappa shape index (κ1) is 27.5. The SMILES string of the molecule is CC(C)C[C@H](CC(=O)N(O)CS(=O)(=O)c1cccs1)C(=O)NCCC(=O)N(C)c1ccccc1. The van der Waals surface area contributed by atoms with Gasteiger partial charge in [-0.2, -0.15) is 0 Å². The van der Waals surface area contributed by atoms with Crippen molar-refractivity contribution in [1.82, 2.24) is 10.4 Å². The van der Waals surface area contributed by atoms with Crippen LogP contribution in [-0.4, -0.2) is 55.9 Å². The predicted molar refractivity (Wildman–Crippen MR) is 130 cm³/mol. The second-order valence-corrected chi connectivity index (χ2v) is 11.5. The lowest BCUT2D eigenvalue weighted by atomic mass is 9.93. The van der Waals surface area contributed by atoms with Gasteiger partial charge in [0.05, 0.1) is 0 Å². The highest BCUT2D eigenvalue weighted by Gasteiger charge is 2.28. The largest absolute Gasteiger partial charge is 0.355 e. The number of para-hydroxylation sites is 1. The van der Waals surface area contributed by atoms with Gasteiger partial charge < -0.3 is 10.2 Å². The average molecular weight is 510 g/mol. The monoisotopic (exact) mass is 509 g/mol. The Labute approximate surface area is 204 Å². The number of hydroxylamine groups is 2. The Morgan fingerprint density at radius 1 is 1.06 bits per heavy atom. The minimum Gasteiger partial charge on any atom is -0.355 e. The van der Waals surface area contributed by atoms with E-state index in [1.165, 1.54) is 11.0 Å². The number of amides is 3. The van der Waals surface area contributed by atoms with E-state index in [0.717, 1.165) is 17.0 Å². The second kappa shape index (κ2) is 12.6. The standard InChI is InChI=1S/C23H31N3O6S2/c1-17(2)14-18(15-21(28)26(30)16-34(31,32)22-10-7-13-33-22)23(29)24-12-11-20(27)25(3)19-8-5-4-6-9-19/h4-10,13,17-18,30H,11-12,14-16H2,1-3H3,(H,24,29)/t18-/m1/s1. The number of nitrogens with zero attached hydrogens (tertiary/aromatic N) is 2. The average Bonchev–Trinajstić information content (AvgIpc) is 3.34. The third-order valence-corrected chi connectivity index (χ3v) is 8.13. The van der Waals surface area contributed by atoms with E-state index in [1.54, 1.807) is 30.6 Å². The number of benzene rings is 1. The number of nitrogens with one attached hydrogen (secondary N) is 1. The number of sulfone groups is 1. The van der Waals surface area contributed by atoms with E-state index in [1.807, 2.05) is 32.0 Å². The van der Waals surface area contributed by atoms with Gasteiger partial charge in [0, 0.05) is 38.0 Å². The van der Waals surface area contributed by atoms with Crippen molar-refractivity contribution in [2.24, 2.45) is 11.8 Å². The van der Waals surface area contributed by atoms with E-state index in [9.17, 15) is 28.0 Å². The van der Waals surface area contributed by atoms with Crippen LogP contribution in [-0.2, 0) is 24.2 Å². The summed E-state index contributed by atoms with van der Waals surface area (Å²) in [6, 6.07) is 12.1. The first-order valence-corrected chi connectivity index (χ1v) is 13.4. The molecule has 0 fully saturated rings. The number of carbonyl (C=O) groups is 3. The van der Waals surface area contributed by atoms with Gasteiger partial charge in [0.25, 0.3) is 0 Å². The van der Waals surface area contributed by atoms with E-state index in [2.05, 4.69) is 5.32 Å². The molecule has 0 unspecified atom stereocenters. The van der Waals surface area contributed by atoms with Crippen LogP contribution in [0.2, 0.25) is 0 Å². The summed E-state index contributed by atoms with van der Waals surface area (Å²) in [4.78, 5) is 39.1. The summed E-state index contributed by atoms with van der Waals surface area (Å²) in [5, 5.41) is 14.5. The van der Waals surface area contributed by atoms with Crippen LogP contribution in [0.3, 0.4) is 0 Å². The summed E-state index contributed by atoms with van der Waals surface area (Å²) in [6.07, 6.45) is 0.0873. The van der Waals surface area contributed by atoms with Gasteiger partial charge in [-0.15, -0.1) is 11.3 Å². The molecule has 1 aromatic carbocycles. The summed E-state index contributed by atoms with van der Waals surface area (Å²) in [6.45, 7) is 3.87. The number of thiophene rings is 1. The molecule has 2 rings (SSSR count). The molecule has 0 radical (unpaired) electrons. The number of carbonyl (C=O) groups excluding carboxylic acids is 3. The molecule has 11 heteroatoms. The lowest BCUT2D eigenvalue weighted by molar-refractivity contribution is -0.163. The Balaban J connectivity index is 1.91. The summed E-state index contributed by atoms with van der Waals surface area (Å²) in [5.41, 5.74) is 0.739. The molecule has 3 amide bonds. The van der Waals surface area contributed by atoms with Crippen LogP contribution in [0.4, 0.5) is 5.69 Å². The van der Waals surface area contributed by atoms with Crippen LogP contribution in [0.5, 0.6) is 0 Å². The van der Waals surface area contributed by atoms with Crippen LogP contribution < -0.4 is 10.2 Å². The van der Waals surface area contributed by atoms with Gasteiger partial charge in [0.2, 0.25) is 27.6 Å². The molecule has 1 aromatic heterocycles. The lowest BCUT2D eigenvalue weighted by Crippen LogP contribution is -2.39. The summed E-state index contributed by atoms with van der Waals surface area (Å²) >= 11 is 0.991. The first-order chi connectivity index (χ1) is 16.0. The van der Waals surface area contributed by atoms with Gasteiger partial charge in [0.15, 0.2) is 5.88 Å². The Bertz CT molecular complexity index is 1060. The van der Waals surface area contributed by atoms with Crippen molar-refractivity contribution in [2.75, 3.05) is 24.4 Å². The maximum absolute atomic E-state index is 12.7. The second-order valence-electron chi connectivity index (χ2n) is 8.33. The van der Waals surface area contributed by atoms with E-state index in [4.69, 9.17) is 0 Å². The van der Waals surface area contributed by atoms with Crippen LogP contribution in [0.1, 0.15) is 33.1 Å². The topological polar surface area (TPSA) is 124 Å². The van der Waals surface area contributed by atoms with Gasteiger partial charge in [-0.1, -0.05) is 38.1 Å². The van der Waals surface area contributed by atoms with Crippen molar-refractivity contribution in [1.29, 1.82) is 0 Å². The highest BCUT2D eigenvalue weighted by Crippen LogP contribution is 2.20. The fourth-order valence-electron chi connectivity index (χ4n) is 3.31. The highest BCUT2D eigenvalue weighted by atomic mass is 32.2. The van der Waals surface area contributed by atoms with Crippen molar-refractivity contribution in [3.63, 3.8) is 0 Å². The summed E-state index contributed by atoms with van der Waals surface area (Å²) in [7, 11) is -2.21. The molecule has 0 saturated heterocycles. The molecule has 9 nitrogen and oxygen atoms in total. The molecule has 0 aliphatic carbocycles. The maximum Gasteiger partial charge on any atom is 0.247 e. The van der Waals surface area contributed by atoms with Gasteiger partial charge in [-0.3, -0.25) is 19.6 Å². The Morgan fingerprint density at radius 2 is 1.74 bits per heavy atom. The van der Waals surface area contributed by atoms with E-state index >= 15 is 0 Å². The molecule has 0 saturated carbocycles. The Hall–Kier alpha value is -2.76. The molecule has 1 atom stereocenters. The van der Waals surface area contributed by atoms with Crippen LogP contribution in [0.15, 0.2) is 52.1 Å². The number of rotatable bonds is 12. The zero-order valence-corrected chi connectivity index (χ0v) is 21.1. The van der Waals surface area contributed by atoms with Crippen molar-refractivity contribution in [3.8, 4) is 0 Å². The zero-order chi connectivity index (χ0) is 25.3. The Kier molecular flexibility index (Phi) is 10.2. The molecule has 2 aromatic rings. The van der Waals surface area contributed by atoms with Crippen molar-refractivity contribution >= 4 is 44.6 Å². The van der Waals surface area contributed by atoms with Gasteiger partial charge in [-0.25, -0.2) is 13.5 Å². The molecular formula is C23H31N3O6S2. The van der Waals surface area contributed by atoms with E-state index < -0.39 is 33.4 Å². The minimum absolute atomic E-state index is 0.0426. The first-order valence-electron chi connectivity index (χ1n) is 10.9. The van der Waals surface area contributed by atoms with Crippen LogP contribution in [0.25, 0.3) is 0 Å². The van der Waals surface area contributed by atoms with E-state index in [-0.39, 0.29) is 40.5 Å². The third kappa shape index (κ3) is 8.23. The predicted octanol–water partition coefficient (Wildman–Crippen LogP) is 2.92. The van der Waals surface area contributed by atoms with E-state index in [0.29, 0.717) is 6.42 Å². The van der Waals surface area contributed by atoms with Crippen molar-refractivity contribution in [2.45, 2.75) is 37.3 Å². The smallest absolute Gasteiger partial charge is 0.247 e. The highest BCUT2D eigenvalue weighted by molar-refractivity contribution is 7.93. The molecule has 2 N–H and O–H groups in total. The third-order valence-electron chi connectivity index (χ3n) is 5.09. The van der Waals surface area contributed by atoms with Crippen molar-refractivity contribution in [3.05, 3.63) is 47.8 Å². The maximum atomic E-state index is 12.7. The van der Waals surface area contributed by atoms with Crippen LogP contribution in [0, 0.1) is 11.8 Å². The van der Waals surface area contributed by atoms with Gasteiger partial charge in [-0.05, 0) is 35.9 Å². The number of anilines is 1. The Morgan fingerprint density at radius 3 is 2.32 bits per heavy atom. The molecule has 186 valence electrons. The number of hydrogen-bond donors (Lipinski definition) is 2. The quantitative estimate of drug-likeness (QED) is 0.335. The zero-order valence-electron chi connectivity index (χ0n) is 19.5. The molecule has 0 aliphatic heterocycles. The van der Waals surface area contributed by atoms with Crippen molar-refractivity contribution < 1.29 is 28.0 Å². The van der Waals surface area contributed by atoms with Gasteiger partial charge >= 0.3 is 0 Å². The molecule has 0 aliphatic rings. The molecule has 1 heterocycles. The van der Waals surface area contributed by atoms with Gasteiger partial charge in [0.1, 0.15) is 4.21 Å². The molecule has 0 bridgehead atoms. The molecular weight excluding hydrogens is 478 g/mol.